The van der Waals surface area contributed by atoms with E-state index in [0.717, 1.165) is 0 Å². The largest absolute Gasteiger partial charge is 0.480 e. The topological polar surface area (TPSA) is 191 Å². The molecule has 0 aliphatic heterocycles. The average Bonchev–Trinajstić information content (AvgIpc) is 2.70. The van der Waals surface area contributed by atoms with Crippen molar-refractivity contribution < 1.29 is 34.5 Å². The minimum absolute atomic E-state index is 0.210. The Balaban J connectivity index is 5.35. The van der Waals surface area contributed by atoms with E-state index in [4.69, 9.17) is 5.73 Å². The standard InChI is InChI=1S/C18H34N4O7S2/c1-9(23)13(19)16(26)22-14(10(2)24)17(27)20-11(5-7-30-3)15(25)21-12(18(28)29)6-8-31-4/h9-14,23-24H,5-8,19H2,1-4H3,(H,20,27)(H,21,25)(H,22,26)(H,28,29). The number of thioether (sulfide) groups is 2. The van der Waals surface area contributed by atoms with Crippen molar-refractivity contribution in [1.82, 2.24) is 16.0 Å². The molecule has 180 valence electrons. The smallest absolute Gasteiger partial charge is 0.326 e. The fourth-order valence-electron chi connectivity index (χ4n) is 2.41. The quantitative estimate of drug-likeness (QED) is 0.139. The zero-order valence-corrected chi connectivity index (χ0v) is 19.8. The summed E-state index contributed by atoms with van der Waals surface area (Å²) in [5.41, 5.74) is 5.55. The Morgan fingerprint density at radius 3 is 1.71 bits per heavy atom. The molecule has 8 N–H and O–H groups in total. The molecule has 0 radical (unpaired) electrons. The number of carbonyl (C=O) groups is 4. The third-order valence-electron chi connectivity index (χ3n) is 4.35. The number of carboxylic acid groups (broad SMARTS) is 1. The first-order valence-corrected chi connectivity index (χ1v) is 12.5. The van der Waals surface area contributed by atoms with Gasteiger partial charge in [-0.1, -0.05) is 0 Å². The van der Waals surface area contributed by atoms with Crippen LogP contribution in [0, 0.1) is 0 Å². The summed E-state index contributed by atoms with van der Waals surface area (Å²) in [6, 6.07) is -4.91. The van der Waals surface area contributed by atoms with Crippen molar-refractivity contribution in [1.29, 1.82) is 0 Å². The van der Waals surface area contributed by atoms with E-state index in [2.05, 4.69) is 16.0 Å². The molecule has 0 aliphatic rings. The van der Waals surface area contributed by atoms with Gasteiger partial charge in [0.15, 0.2) is 0 Å². The molecule has 6 unspecified atom stereocenters. The first kappa shape index (κ1) is 29.5. The third-order valence-corrected chi connectivity index (χ3v) is 5.64. The van der Waals surface area contributed by atoms with E-state index in [1.807, 2.05) is 12.5 Å². The molecule has 13 heteroatoms. The predicted molar refractivity (Wildman–Crippen MR) is 121 cm³/mol. The highest BCUT2D eigenvalue weighted by Crippen LogP contribution is 2.06. The highest BCUT2D eigenvalue weighted by Gasteiger charge is 2.32. The summed E-state index contributed by atoms with van der Waals surface area (Å²) in [5, 5.41) is 35.8. The van der Waals surface area contributed by atoms with Crippen LogP contribution in [0.1, 0.15) is 26.7 Å². The fraction of sp³-hybridized carbons (Fsp3) is 0.778. The molecule has 0 saturated carbocycles. The number of aliphatic hydroxyl groups excluding tert-OH is 2. The highest BCUT2D eigenvalue weighted by atomic mass is 32.2. The summed E-state index contributed by atoms with van der Waals surface area (Å²) in [6.07, 6.45) is 1.56. The summed E-state index contributed by atoms with van der Waals surface area (Å²) in [7, 11) is 0. The lowest BCUT2D eigenvalue weighted by Gasteiger charge is -2.26. The maximum absolute atomic E-state index is 12.7. The second-order valence-corrected chi connectivity index (χ2v) is 8.99. The van der Waals surface area contributed by atoms with Gasteiger partial charge in [-0.25, -0.2) is 4.79 Å². The zero-order valence-electron chi connectivity index (χ0n) is 18.2. The summed E-state index contributed by atoms with van der Waals surface area (Å²) >= 11 is 2.87. The van der Waals surface area contributed by atoms with Crippen LogP contribution in [0.25, 0.3) is 0 Å². The van der Waals surface area contributed by atoms with Crippen LogP contribution in [0.5, 0.6) is 0 Å². The normalized spacial score (nSPS) is 16.9. The molecule has 6 atom stereocenters. The van der Waals surface area contributed by atoms with Crippen molar-refractivity contribution in [3.05, 3.63) is 0 Å². The molecule has 11 nitrogen and oxygen atoms in total. The Hall–Kier alpha value is -1.54. The van der Waals surface area contributed by atoms with Crippen LogP contribution in [0.4, 0.5) is 0 Å². The monoisotopic (exact) mass is 482 g/mol. The molecule has 31 heavy (non-hydrogen) atoms. The molecule has 0 aromatic rings. The molecule has 0 aliphatic carbocycles. The molecule has 0 aromatic carbocycles. The summed E-state index contributed by atoms with van der Waals surface area (Å²) in [5.74, 6) is -2.51. The van der Waals surface area contributed by atoms with Gasteiger partial charge in [-0.05, 0) is 50.7 Å². The highest BCUT2D eigenvalue weighted by molar-refractivity contribution is 7.98. The number of aliphatic hydroxyl groups is 2. The van der Waals surface area contributed by atoms with Crippen molar-refractivity contribution in [2.45, 2.75) is 63.1 Å². The van der Waals surface area contributed by atoms with Gasteiger partial charge in [0.05, 0.1) is 12.2 Å². The van der Waals surface area contributed by atoms with Crippen LogP contribution in [0.2, 0.25) is 0 Å². The van der Waals surface area contributed by atoms with Crippen molar-refractivity contribution in [3.63, 3.8) is 0 Å². The van der Waals surface area contributed by atoms with E-state index in [0.29, 0.717) is 11.5 Å². The number of amides is 3. The minimum atomic E-state index is -1.42. The van der Waals surface area contributed by atoms with Crippen LogP contribution in [0.15, 0.2) is 0 Å². The third kappa shape index (κ3) is 11.1. The lowest BCUT2D eigenvalue weighted by Crippen LogP contribution is -2.60. The number of aliphatic carboxylic acids is 1. The van der Waals surface area contributed by atoms with Crippen molar-refractivity contribution in [3.8, 4) is 0 Å². The number of carboxylic acids is 1. The SMILES string of the molecule is CSCCC(NC(=O)C(CCSC)NC(=O)C(NC(=O)C(N)C(C)O)C(C)O)C(=O)O. The van der Waals surface area contributed by atoms with Gasteiger partial charge >= 0.3 is 5.97 Å². The molecule has 0 rings (SSSR count). The Morgan fingerprint density at radius 2 is 1.29 bits per heavy atom. The Bertz CT molecular complexity index is 607. The maximum atomic E-state index is 12.7. The summed E-state index contributed by atoms with van der Waals surface area (Å²) < 4.78 is 0. The molecule has 0 bridgehead atoms. The van der Waals surface area contributed by atoms with Crippen molar-refractivity contribution >= 4 is 47.2 Å². The predicted octanol–water partition coefficient (Wildman–Crippen LogP) is -1.88. The molecule has 0 spiro atoms. The number of hydrogen-bond acceptors (Lipinski definition) is 9. The zero-order chi connectivity index (χ0) is 24.1. The van der Waals surface area contributed by atoms with E-state index < -0.39 is 60.1 Å². The van der Waals surface area contributed by atoms with Crippen LogP contribution in [-0.2, 0) is 19.2 Å². The van der Waals surface area contributed by atoms with Gasteiger partial charge in [0.25, 0.3) is 0 Å². The van der Waals surface area contributed by atoms with Gasteiger partial charge < -0.3 is 37.0 Å². The molecule has 0 saturated heterocycles. The van der Waals surface area contributed by atoms with E-state index in [9.17, 15) is 34.5 Å². The lowest BCUT2D eigenvalue weighted by atomic mass is 10.1. The lowest BCUT2D eigenvalue weighted by molar-refractivity contribution is -0.142. The van der Waals surface area contributed by atoms with Crippen LogP contribution in [0.3, 0.4) is 0 Å². The summed E-state index contributed by atoms with van der Waals surface area (Å²) in [6.45, 7) is 2.58. The average molecular weight is 483 g/mol. The number of rotatable bonds is 15. The minimum Gasteiger partial charge on any atom is -0.480 e. The molecule has 0 aromatic heterocycles. The van der Waals surface area contributed by atoms with Gasteiger partial charge in [0.1, 0.15) is 24.2 Å². The van der Waals surface area contributed by atoms with Gasteiger partial charge in [-0.2, -0.15) is 23.5 Å². The molecule has 3 amide bonds. The van der Waals surface area contributed by atoms with E-state index in [1.54, 1.807) is 0 Å². The van der Waals surface area contributed by atoms with Crippen LogP contribution < -0.4 is 21.7 Å². The Morgan fingerprint density at radius 1 is 0.806 bits per heavy atom. The number of nitrogens with two attached hydrogens (primary N) is 1. The number of hydrogen-bond donors (Lipinski definition) is 7. The van der Waals surface area contributed by atoms with E-state index >= 15 is 0 Å². The van der Waals surface area contributed by atoms with Gasteiger partial charge in [-0.3, -0.25) is 14.4 Å². The van der Waals surface area contributed by atoms with Gasteiger partial charge in [0.2, 0.25) is 17.7 Å². The van der Waals surface area contributed by atoms with Crippen molar-refractivity contribution in [2.24, 2.45) is 5.73 Å². The first-order chi connectivity index (χ1) is 14.5. The first-order valence-electron chi connectivity index (χ1n) is 9.69. The van der Waals surface area contributed by atoms with Crippen LogP contribution >= 0.6 is 23.5 Å². The number of nitrogens with one attached hydrogen (secondary N) is 3. The Labute approximate surface area is 190 Å². The van der Waals surface area contributed by atoms with E-state index in [1.165, 1.54) is 37.4 Å². The fourth-order valence-corrected chi connectivity index (χ4v) is 3.35. The maximum Gasteiger partial charge on any atom is 0.326 e. The van der Waals surface area contributed by atoms with E-state index in [-0.39, 0.29) is 12.8 Å². The second kappa shape index (κ2) is 15.3. The van der Waals surface area contributed by atoms with Crippen LogP contribution in [-0.4, -0.2) is 99.4 Å². The van der Waals surface area contributed by atoms with Gasteiger partial charge in [0, 0.05) is 0 Å². The molecular weight excluding hydrogens is 448 g/mol. The second-order valence-electron chi connectivity index (χ2n) is 7.02. The number of carbonyl (C=O) groups excluding carboxylic acids is 3. The Kier molecular flexibility index (Phi) is 14.5. The summed E-state index contributed by atoms with van der Waals surface area (Å²) in [4.78, 5) is 48.8. The van der Waals surface area contributed by atoms with Crippen molar-refractivity contribution in [2.75, 3.05) is 24.0 Å². The molecule has 0 heterocycles. The van der Waals surface area contributed by atoms with Gasteiger partial charge in [-0.15, -0.1) is 0 Å². The molecular formula is C18H34N4O7S2. The molecule has 0 fully saturated rings.